The molecule has 0 bridgehead atoms. The van der Waals surface area contributed by atoms with Crippen LogP contribution in [0.25, 0.3) is 0 Å². The molecule has 0 N–H and O–H groups in total. The van der Waals surface area contributed by atoms with Gasteiger partial charge in [0.1, 0.15) is 0 Å². The first-order valence-electron chi connectivity index (χ1n) is 3.30. The summed E-state index contributed by atoms with van der Waals surface area (Å²) in [7, 11) is 0. The van der Waals surface area contributed by atoms with Crippen LogP contribution >= 0.6 is 0 Å². The Morgan fingerprint density at radius 1 is 1.29 bits per heavy atom. The standard InChI is InChI=1S/C7H11/c1-2-6(3-1)7-4-5-7/h4,6-7H,1-3,5H2/t7-/m0/s1. The highest BCUT2D eigenvalue weighted by molar-refractivity contribution is 5.00. The van der Waals surface area contributed by atoms with E-state index in [2.05, 4.69) is 6.42 Å². The summed E-state index contributed by atoms with van der Waals surface area (Å²) in [5.41, 5.74) is 0. The van der Waals surface area contributed by atoms with Gasteiger partial charge in [0, 0.05) is 0 Å². The maximum absolute atomic E-state index is 2.45. The van der Waals surface area contributed by atoms with E-state index < -0.39 is 0 Å². The van der Waals surface area contributed by atoms with Gasteiger partial charge in [0.2, 0.25) is 0 Å². The van der Waals surface area contributed by atoms with Crippen molar-refractivity contribution >= 4 is 0 Å². The summed E-state index contributed by atoms with van der Waals surface area (Å²) in [4.78, 5) is 0. The van der Waals surface area contributed by atoms with Crippen molar-refractivity contribution in [2.75, 3.05) is 0 Å². The molecule has 1 radical (unpaired) electrons. The van der Waals surface area contributed by atoms with Crippen molar-refractivity contribution in [1.82, 2.24) is 0 Å². The van der Waals surface area contributed by atoms with Crippen molar-refractivity contribution < 1.29 is 0 Å². The normalized spacial score (nSPS) is 32.6. The van der Waals surface area contributed by atoms with Gasteiger partial charge in [-0.25, -0.2) is 0 Å². The fourth-order valence-electron chi connectivity index (χ4n) is 1.33. The van der Waals surface area contributed by atoms with Crippen molar-refractivity contribution in [2.24, 2.45) is 11.8 Å². The van der Waals surface area contributed by atoms with Crippen molar-refractivity contribution in [3.05, 3.63) is 6.42 Å². The van der Waals surface area contributed by atoms with E-state index in [4.69, 9.17) is 0 Å². The zero-order valence-corrected chi connectivity index (χ0v) is 4.56. The SMILES string of the molecule is [CH]1C[C@H]1C1CCC1. The Bertz CT molecular complexity index is 68.1. The first-order valence-corrected chi connectivity index (χ1v) is 3.30. The van der Waals surface area contributed by atoms with Crippen LogP contribution < -0.4 is 0 Å². The molecule has 0 heterocycles. The van der Waals surface area contributed by atoms with Crippen molar-refractivity contribution in [3.63, 3.8) is 0 Å². The molecule has 7 heavy (non-hydrogen) atoms. The van der Waals surface area contributed by atoms with Crippen LogP contribution in [0.3, 0.4) is 0 Å². The largest absolute Gasteiger partial charge is 0.0528 e. The first-order chi connectivity index (χ1) is 3.47. The molecule has 2 saturated carbocycles. The highest BCUT2D eigenvalue weighted by Gasteiger charge is 2.34. The summed E-state index contributed by atoms with van der Waals surface area (Å²) in [6.07, 6.45) is 8.45. The van der Waals surface area contributed by atoms with E-state index in [0.717, 1.165) is 11.8 Å². The van der Waals surface area contributed by atoms with Crippen molar-refractivity contribution in [1.29, 1.82) is 0 Å². The van der Waals surface area contributed by atoms with Gasteiger partial charge >= 0.3 is 0 Å². The van der Waals surface area contributed by atoms with Gasteiger partial charge < -0.3 is 0 Å². The van der Waals surface area contributed by atoms with E-state index in [9.17, 15) is 0 Å². The van der Waals surface area contributed by atoms with Crippen LogP contribution in [0.15, 0.2) is 0 Å². The lowest BCUT2D eigenvalue weighted by atomic mass is 9.82. The molecule has 2 rings (SSSR count). The molecule has 0 unspecified atom stereocenters. The Labute approximate surface area is 44.9 Å². The van der Waals surface area contributed by atoms with Gasteiger partial charge in [-0.1, -0.05) is 19.3 Å². The molecule has 0 aromatic rings. The third-order valence-electron chi connectivity index (χ3n) is 2.26. The maximum atomic E-state index is 2.45. The molecule has 0 aromatic carbocycles. The molecule has 39 valence electrons. The smallest absolute Gasteiger partial charge is 0.0349 e. The summed E-state index contributed by atoms with van der Waals surface area (Å²) in [5.74, 6) is 2.22. The third-order valence-corrected chi connectivity index (χ3v) is 2.26. The van der Waals surface area contributed by atoms with Gasteiger partial charge in [-0.3, -0.25) is 0 Å². The fourth-order valence-corrected chi connectivity index (χ4v) is 1.33. The van der Waals surface area contributed by atoms with Crippen LogP contribution in [0, 0.1) is 18.3 Å². The van der Waals surface area contributed by atoms with Crippen LogP contribution in [0.2, 0.25) is 0 Å². The van der Waals surface area contributed by atoms with Crippen LogP contribution in [-0.4, -0.2) is 0 Å². The second-order valence-electron chi connectivity index (χ2n) is 2.83. The predicted molar refractivity (Wildman–Crippen MR) is 29.7 cm³/mol. The third kappa shape index (κ3) is 0.568. The van der Waals surface area contributed by atoms with Gasteiger partial charge in [-0.05, 0) is 24.7 Å². The molecule has 0 aromatic heterocycles. The van der Waals surface area contributed by atoms with E-state index in [1.165, 1.54) is 25.7 Å². The lowest BCUT2D eigenvalue weighted by Gasteiger charge is -2.24. The van der Waals surface area contributed by atoms with Gasteiger partial charge in [-0.2, -0.15) is 0 Å². The zero-order valence-electron chi connectivity index (χ0n) is 4.56. The molecule has 1 atom stereocenters. The van der Waals surface area contributed by atoms with Crippen LogP contribution in [0.5, 0.6) is 0 Å². The summed E-state index contributed by atoms with van der Waals surface area (Å²) >= 11 is 0. The summed E-state index contributed by atoms with van der Waals surface area (Å²) in [6, 6.07) is 0. The van der Waals surface area contributed by atoms with E-state index in [-0.39, 0.29) is 0 Å². The molecule has 0 spiro atoms. The van der Waals surface area contributed by atoms with Crippen LogP contribution in [-0.2, 0) is 0 Å². The van der Waals surface area contributed by atoms with E-state index in [1.807, 2.05) is 0 Å². The molecular weight excluding hydrogens is 84.1 g/mol. The molecule has 0 saturated heterocycles. The second kappa shape index (κ2) is 1.24. The molecule has 2 aliphatic carbocycles. The van der Waals surface area contributed by atoms with Gasteiger partial charge in [0.05, 0.1) is 0 Å². The quantitative estimate of drug-likeness (QED) is 0.467. The molecule has 0 heteroatoms. The number of hydrogen-bond donors (Lipinski definition) is 0. The van der Waals surface area contributed by atoms with Gasteiger partial charge in [-0.15, -0.1) is 0 Å². The molecule has 0 amide bonds. The zero-order chi connectivity index (χ0) is 4.69. The minimum atomic E-state index is 1.08. The van der Waals surface area contributed by atoms with Crippen LogP contribution in [0.4, 0.5) is 0 Å². The van der Waals surface area contributed by atoms with Crippen LogP contribution in [0.1, 0.15) is 25.7 Å². The average Bonchev–Trinajstić information content (AvgIpc) is 2.10. The number of hydrogen-bond acceptors (Lipinski definition) is 0. The first kappa shape index (κ1) is 3.94. The molecule has 0 nitrogen and oxygen atoms in total. The molecule has 2 aliphatic rings. The summed E-state index contributed by atoms with van der Waals surface area (Å²) < 4.78 is 0. The Balaban J connectivity index is 1.83. The Morgan fingerprint density at radius 2 is 2.00 bits per heavy atom. The van der Waals surface area contributed by atoms with Gasteiger partial charge in [0.15, 0.2) is 0 Å². The maximum Gasteiger partial charge on any atom is -0.0349 e. The minimum Gasteiger partial charge on any atom is -0.0528 e. The lowest BCUT2D eigenvalue weighted by Crippen LogP contribution is -2.12. The number of rotatable bonds is 1. The fraction of sp³-hybridized carbons (Fsp3) is 0.857. The average molecular weight is 95.2 g/mol. The van der Waals surface area contributed by atoms with E-state index in [1.54, 1.807) is 0 Å². The monoisotopic (exact) mass is 95.1 g/mol. The minimum absolute atomic E-state index is 1.08. The predicted octanol–water partition coefficient (Wildman–Crippen LogP) is 2.01. The molecular formula is C7H11. The van der Waals surface area contributed by atoms with Crippen molar-refractivity contribution in [3.8, 4) is 0 Å². The second-order valence-corrected chi connectivity index (χ2v) is 2.83. The van der Waals surface area contributed by atoms with E-state index in [0.29, 0.717) is 0 Å². The van der Waals surface area contributed by atoms with E-state index >= 15 is 0 Å². The Morgan fingerprint density at radius 3 is 2.14 bits per heavy atom. The topological polar surface area (TPSA) is 0 Å². The molecule has 0 aliphatic heterocycles. The lowest BCUT2D eigenvalue weighted by molar-refractivity contribution is 0.284. The summed E-state index contributed by atoms with van der Waals surface area (Å²) in [6.45, 7) is 0. The summed E-state index contributed by atoms with van der Waals surface area (Å²) in [5, 5.41) is 0. The van der Waals surface area contributed by atoms with Gasteiger partial charge in [0.25, 0.3) is 0 Å². The van der Waals surface area contributed by atoms with Crippen molar-refractivity contribution in [2.45, 2.75) is 25.7 Å². The Kier molecular flexibility index (Phi) is 0.697. The molecule has 2 fully saturated rings. The Hall–Kier alpha value is 0. The highest BCUT2D eigenvalue weighted by Crippen LogP contribution is 2.45. The highest BCUT2D eigenvalue weighted by atomic mass is 14.4.